The molecule has 0 fully saturated rings. The van der Waals surface area contributed by atoms with Crippen molar-refractivity contribution in [2.45, 2.75) is 117 Å². The number of carbonyl (C=O) groups excluding carboxylic acids is 1. The zero-order valence-corrected chi connectivity index (χ0v) is 18.0. The second kappa shape index (κ2) is 19.1. The lowest BCUT2D eigenvalue weighted by Crippen LogP contribution is -2.17. The van der Waals surface area contributed by atoms with E-state index in [1.165, 1.54) is 77.0 Å². The maximum absolute atomic E-state index is 11.9. The van der Waals surface area contributed by atoms with E-state index in [0.29, 0.717) is 24.5 Å². The molecule has 1 N–H and O–H groups in total. The Balaban J connectivity index is 3.35. The molecule has 0 aromatic carbocycles. The van der Waals surface area contributed by atoms with E-state index in [1.54, 1.807) is 0 Å². The Morgan fingerprint density at radius 2 is 1.31 bits per heavy atom. The van der Waals surface area contributed by atoms with Crippen molar-refractivity contribution in [1.82, 2.24) is 0 Å². The lowest BCUT2D eigenvalue weighted by molar-refractivity contribution is -0.120. The van der Waals surface area contributed by atoms with Gasteiger partial charge < -0.3 is 5.11 Å². The van der Waals surface area contributed by atoms with Crippen LogP contribution in [0.15, 0.2) is 12.2 Å². The molecular weight excluding hydrogens is 320 g/mol. The predicted octanol–water partition coefficient (Wildman–Crippen LogP) is 7.25. The smallest absolute Gasteiger partial charge is 0.133 e. The van der Waals surface area contributed by atoms with E-state index in [1.807, 2.05) is 0 Å². The van der Waals surface area contributed by atoms with Crippen LogP contribution in [0.2, 0.25) is 0 Å². The molecule has 0 aromatic rings. The van der Waals surface area contributed by atoms with E-state index < -0.39 is 0 Å². The number of ketones is 1. The van der Waals surface area contributed by atoms with Gasteiger partial charge in [0, 0.05) is 19.4 Å². The minimum Gasteiger partial charge on any atom is -0.396 e. The molecule has 154 valence electrons. The van der Waals surface area contributed by atoms with E-state index in [0.717, 1.165) is 6.42 Å². The minimum absolute atomic E-state index is 0.135. The number of aliphatic hydroxyl groups excluding tert-OH is 1. The molecule has 26 heavy (non-hydrogen) atoms. The van der Waals surface area contributed by atoms with Crippen LogP contribution in [0.4, 0.5) is 0 Å². The summed E-state index contributed by atoms with van der Waals surface area (Å²) in [5.74, 6) is 0.860. The molecule has 0 rings (SSSR count). The van der Waals surface area contributed by atoms with Gasteiger partial charge in [-0.3, -0.25) is 4.79 Å². The summed E-state index contributed by atoms with van der Waals surface area (Å²) < 4.78 is 0. The maximum atomic E-state index is 11.9. The van der Waals surface area contributed by atoms with E-state index >= 15 is 0 Å². The fourth-order valence-corrected chi connectivity index (χ4v) is 3.30. The number of unbranched alkanes of at least 4 members (excludes halogenated alkanes) is 11. The van der Waals surface area contributed by atoms with E-state index in [-0.39, 0.29) is 12.5 Å². The summed E-state index contributed by atoms with van der Waals surface area (Å²) in [6, 6.07) is 0. The molecule has 2 heteroatoms. The van der Waals surface area contributed by atoms with Crippen LogP contribution in [0.1, 0.15) is 117 Å². The number of hydrogen-bond donors (Lipinski definition) is 1. The standard InChI is InChI=1S/C24H46O2/c1-4-5-6-7-8-9-10-11-12-13-14-15-16-17-18-19-24(26)20-23(21-25)22(2)3/h11-12,22-23,25H,4-10,13-21H2,1-3H3/b12-11-/t23-/m1/s1. The van der Waals surface area contributed by atoms with Crippen LogP contribution in [0.25, 0.3) is 0 Å². The summed E-state index contributed by atoms with van der Waals surface area (Å²) in [6.45, 7) is 6.56. The van der Waals surface area contributed by atoms with E-state index in [2.05, 4.69) is 32.9 Å². The van der Waals surface area contributed by atoms with Gasteiger partial charge in [0.1, 0.15) is 5.78 Å². The highest BCUT2D eigenvalue weighted by molar-refractivity contribution is 5.78. The van der Waals surface area contributed by atoms with Crippen LogP contribution in [0.3, 0.4) is 0 Å². The van der Waals surface area contributed by atoms with Crippen LogP contribution in [-0.4, -0.2) is 17.5 Å². The van der Waals surface area contributed by atoms with Gasteiger partial charge in [0.15, 0.2) is 0 Å². The largest absolute Gasteiger partial charge is 0.396 e. The van der Waals surface area contributed by atoms with E-state index in [4.69, 9.17) is 0 Å². The average molecular weight is 367 g/mol. The monoisotopic (exact) mass is 366 g/mol. The SMILES string of the molecule is CCCCCCCC/C=C\CCCCCCCC(=O)C[C@H](CO)C(C)C. The fraction of sp³-hybridized carbons (Fsp3) is 0.875. The maximum Gasteiger partial charge on any atom is 0.133 e. The second-order valence-electron chi connectivity index (χ2n) is 8.26. The Morgan fingerprint density at radius 1 is 0.808 bits per heavy atom. The van der Waals surface area contributed by atoms with Gasteiger partial charge in [-0.25, -0.2) is 0 Å². The van der Waals surface area contributed by atoms with Gasteiger partial charge in [0.2, 0.25) is 0 Å². The first-order valence-corrected chi connectivity index (χ1v) is 11.4. The molecule has 0 spiro atoms. The average Bonchev–Trinajstić information content (AvgIpc) is 2.62. The van der Waals surface area contributed by atoms with Crippen molar-refractivity contribution >= 4 is 5.78 Å². The van der Waals surface area contributed by atoms with Gasteiger partial charge in [0.25, 0.3) is 0 Å². The number of rotatable bonds is 19. The third-order valence-corrected chi connectivity index (χ3v) is 5.38. The van der Waals surface area contributed by atoms with Gasteiger partial charge >= 0.3 is 0 Å². The van der Waals surface area contributed by atoms with Crippen LogP contribution in [0.5, 0.6) is 0 Å². The number of Topliss-reactive ketones (excluding diaryl/α,β-unsaturated/α-hetero) is 1. The molecule has 0 amide bonds. The number of aliphatic hydroxyl groups is 1. The molecule has 1 atom stereocenters. The lowest BCUT2D eigenvalue weighted by atomic mass is 9.90. The first-order valence-electron chi connectivity index (χ1n) is 11.4. The van der Waals surface area contributed by atoms with Crippen molar-refractivity contribution in [3.8, 4) is 0 Å². The Hall–Kier alpha value is -0.630. The van der Waals surface area contributed by atoms with Crippen molar-refractivity contribution in [3.63, 3.8) is 0 Å². The molecule has 0 heterocycles. The quantitative estimate of drug-likeness (QED) is 0.193. The Labute approximate surface area is 163 Å². The third kappa shape index (κ3) is 16.8. The van der Waals surface area contributed by atoms with Crippen molar-refractivity contribution in [1.29, 1.82) is 0 Å². The number of carbonyl (C=O) groups is 1. The Morgan fingerprint density at radius 3 is 1.81 bits per heavy atom. The molecule has 0 saturated carbocycles. The number of hydrogen-bond acceptors (Lipinski definition) is 2. The van der Waals surface area contributed by atoms with Crippen LogP contribution in [-0.2, 0) is 4.79 Å². The molecule has 0 aromatic heterocycles. The van der Waals surface area contributed by atoms with Crippen LogP contribution >= 0.6 is 0 Å². The Kier molecular flexibility index (Phi) is 18.7. The van der Waals surface area contributed by atoms with Crippen LogP contribution in [0, 0.1) is 11.8 Å². The normalized spacial score (nSPS) is 13.0. The first kappa shape index (κ1) is 25.4. The summed E-state index contributed by atoms with van der Waals surface area (Å²) in [7, 11) is 0. The zero-order chi connectivity index (χ0) is 19.5. The molecule has 0 radical (unpaired) electrons. The summed E-state index contributed by atoms with van der Waals surface area (Å²) >= 11 is 0. The minimum atomic E-state index is 0.135. The van der Waals surface area contributed by atoms with Gasteiger partial charge in [0.05, 0.1) is 0 Å². The number of allylic oxidation sites excluding steroid dienone is 2. The molecule has 0 aliphatic heterocycles. The van der Waals surface area contributed by atoms with Gasteiger partial charge in [-0.05, 0) is 43.9 Å². The molecule has 2 nitrogen and oxygen atoms in total. The van der Waals surface area contributed by atoms with Crippen molar-refractivity contribution in [2.75, 3.05) is 6.61 Å². The van der Waals surface area contributed by atoms with Gasteiger partial charge in [-0.15, -0.1) is 0 Å². The Bertz CT molecular complexity index is 333. The van der Waals surface area contributed by atoms with Crippen molar-refractivity contribution < 1.29 is 9.90 Å². The fourth-order valence-electron chi connectivity index (χ4n) is 3.30. The molecule has 0 bridgehead atoms. The highest BCUT2D eigenvalue weighted by Gasteiger charge is 2.16. The summed E-state index contributed by atoms with van der Waals surface area (Å²) in [4.78, 5) is 11.9. The molecule has 0 aliphatic carbocycles. The molecule has 0 unspecified atom stereocenters. The first-order chi connectivity index (χ1) is 12.6. The topological polar surface area (TPSA) is 37.3 Å². The summed E-state index contributed by atoms with van der Waals surface area (Å²) in [6.07, 6.45) is 22.7. The molecule has 0 saturated heterocycles. The lowest BCUT2D eigenvalue weighted by Gasteiger charge is -2.16. The molecular formula is C24H46O2. The zero-order valence-electron chi connectivity index (χ0n) is 18.0. The molecule has 0 aliphatic rings. The summed E-state index contributed by atoms with van der Waals surface area (Å²) in [5.41, 5.74) is 0. The predicted molar refractivity (Wildman–Crippen MR) is 114 cm³/mol. The van der Waals surface area contributed by atoms with E-state index in [9.17, 15) is 9.90 Å². The van der Waals surface area contributed by atoms with Crippen molar-refractivity contribution in [3.05, 3.63) is 12.2 Å². The second-order valence-corrected chi connectivity index (χ2v) is 8.26. The van der Waals surface area contributed by atoms with Crippen molar-refractivity contribution in [2.24, 2.45) is 11.8 Å². The van der Waals surface area contributed by atoms with Gasteiger partial charge in [-0.1, -0.05) is 84.3 Å². The highest BCUT2D eigenvalue weighted by atomic mass is 16.3. The van der Waals surface area contributed by atoms with Gasteiger partial charge in [-0.2, -0.15) is 0 Å². The summed E-state index contributed by atoms with van der Waals surface area (Å²) in [5, 5.41) is 9.29. The third-order valence-electron chi connectivity index (χ3n) is 5.38. The van der Waals surface area contributed by atoms with Crippen LogP contribution < -0.4 is 0 Å². The highest BCUT2D eigenvalue weighted by Crippen LogP contribution is 2.17.